The summed E-state index contributed by atoms with van der Waals surface area (Å²) >= 11 is 0. The molecule has 0 amide bonds. The number of benzene rings is 1. The van der Waals surface area contributed by atoms with Gasteiger partial charge in [-0.3, -0.25) is 0 Å². The van der Waals surface area contributed by atoms with Crippen molar-refractivity contribution in [2.75, 3.05) is 0 Å². The molecule has 78 valence electrons. The fourth-order valence-corrected chi connectivity index (χ4v) is 2.10. The quantitative estimate of drug-likeness (QED) is 0.657. The van der Waals surface area contributed by atoms with Crippen LogP contribution >= 0.6 is 0 Å². The Bertz CT molecular complexity index is 591. The SMILES string of the molecule is Cc1cc(C)c2c(=O)occ(C)c2c1C. The summed E-state index contributed by atoms with van der Waals surface area (Å²) in [5, 5.41) is 1.77. The Kier molecular flexibility index (Phi) is 2.14. The first-order valence-electron chi connectivity index (χ1n) is 5.01. The molecule has 2 nitrogen and oxygen atoms in total. The first-order valence-corrected chi connectivity index (χ1v) is 5.01. The van der Waals surface area contributed by atoms with E-state index in [4.69, 9.17) is 4.42 Å². The van der Waals surface area contributed by atoms with E-state index >= 15 is 0 Å². The van der Waals surface area contributed by atoms with Crippen molar-refractivity contribution in [3.8, 4) is 0 Å². The highest BCUT2D eigenvalue weighted by Crippen LogP contribution is 2.25. The molecular formula is C13H14O2. The summed E-state index contributed by atoms with van der Waals surface area (Å²) in [5.74, 6) is 0. The second kappa shape index (κ2) is 3.23. The Morgan fingerprint density at radius 1 is 0.933 bits per heavy atom. The summed E-state index contributed by atoms with van der Waals surface area (Å²) in [4.78, 5) is 11.6. The first-order chi connectivity index (χ1) is 7.02. The third-order valence-electron chi connectivity index (χ3n) is 2.99. The number of fused-ring (bicyclic) bond motifs is 1. The molecular weight excluding hydrogens is 188 g/mol. The van der Waals surface area contributed by atoms with E-state index in [1.165, 1.54) is 17.4 Å². The number of aryl methyl sites for hydroxylation is 4. The molecule has 0 aliphatic rings. The zero-order valence-electron chi connectivity index (χ0n) is 9.47. The van der Waals surface area contributed by atoms with E-state index < -0.39 is 0 Å². The number of rotatable bonds is 0. The average Bonchev–Trinajstić information content (AvgIpc) is 2.18. The third-order valence-corrected chi connectivity index (χ3v) is 2.99. The molecule has 0 aliphatic heterocycles. The highest BCUT2D eigenvalue weighted by Gasteiger charge is 2.10. The molecule has 2 heteroatoms. The van der Waals surface area contributed by atoms with Crippen LogP contribution in [0.5, 0.6) is 0 Å². The molecule has 0 spiro atoms. The third kappa shape index (κ3) is 1.37. The lowest BCUT2D eigenvalue weighted by atomic mass is 9.96. The molecule has 15 heavy (non-hydrogen) atoms. The van der Waals surface area contributed by atoms with Gasteiger partial charge in [-0.25, -0.2) is 4.79 Å². The van der Waals surface area contributed by atoms with Crippen LogP contribution in [0.1, 0.15) is 22.3 Å². The van der Waals surface area contributed by atoms with E-state index in [-0.39, 0.29) is 5.63 Å². The van der Waals surface area contributed by atoms with Crippen LogP contribution in [0.4, 0.5) is 0 Å². The molecule has 1 heterocycles. The molecule has 0 atom stereocenters. The average molecular weight is 202 g/mol. The van der Waals surface area contributed by atoms with Crippen molar-refractivity contribution in [1.82, 2.24) is 0 Å². The van der Waals surface area contributed by atoms with Crippen LogP contribution in [0.25, 0.3) is 10.8 Å². The van der Waals surface area contributed by atoms with Gasteiger partial charge in [0.1, 0.15) is 0 Å². The van der Waals surface area contributed by atoms with Gasteiger partial charge in [0, 0.05) is 0 Å². The molecule has 0 bridgehead atoms. The maximum atomic E-state index is 11.6. The van der Waals surface area contributed by atoms with Gasteiger partial charge in [-0.1, -0.05) is 6.07 Å². The Morgan fingerprint density at radius 2 is 1.60 bits per heavy atom. The van der Waals surface area contributed by atoms with Crippen LogP contribution in [-0.2, 0) is 0 Å². The van der Waals surface area contributed by atoms with E-state index in [1.807, 2.05) is 26.8 Å². The van der Waals surface area contributed by atoms with Crippen molar-refractivity contribution in [3.63, 3.8) is 0 Å². The molecule has 1 aromatic heterocycles. The van der Waals surface area contributed by atoms with E-state index in [1.54, 1.807) is 0 Å². The molecule has 0 radical (unpaired) electrons. The van der Waals surface area contributed by atoms with Crippen LogP contribution in [0.3, 0.4) is 0 Å². The van der Waals surface area contributed by atoms with E-state index in [0.29, 0.717) is 0 Å². The van der Waals surface area contributed by atoms with Crippen molar-refractivity contribution in [1.29, 1.82) is 0 Å². The van der Waals surface area contributed by atoms with E-state index in [9.17, 15) is 4.79 Å². The van der Waals surface area contributed by atoms with Gasteiger partial charge < -0.3 is 4.42 Å². The lowest BCUT2D eigenvalue weighted by Crippen LogP contribution is -2.04. The highest BCUT2D eigenvalue weighted by atomic mass is 16.4. The number of hydrogen-bond donors (Lipinski definition) is 0. The molecule has 0 saturated carbocycles. The fraction of sp³-hybridized carbons (Fsp3) is 0.308. The van der Waals surface area contributed by atoms with Crippen molar-refractivity contribution in [2.24, 2.45) is 0 Å². The highest BCUT2D eigenvalue weighted by molar-refractivity contribution is 5.90. The van der Waals surface area contributed by atoms with Crippen molar-refractivity contribution in [3.05, 3.63) is 45.0 Å². The molecule has 2 aromatic rings. The molecule has 0 aliphatic carbocycles. The second-order valence-corrected chi connectivity index (χ2v) is 4.09. The minimum absolute atomic E-state index is 0.240. The van der Waals surface area contributed by atoms with Crippen LogP contribution in [-0.4, -0.2) is 0 Å². The van der Waals surface area contributed by atoms with Crippen molar-refractivity contribution < 1.29 is 4.42 Å². The lowest BCUT2D eigenvalue weighted by Gasteiger charge is -2.09. The largest absolute Gasteiger partial charge is 0.431 e. The molecule has 0 fully saturated rings. The standard InChI is InChI=1S/C13H14O2/c1-7-5-8(2)12-11(10(7)4)9(3)6-15-13(12)14/h5-6H,1-4H3. The van der Waals surface area contributed by atoms with Gasteiger partial charge in [0.2, 0.25) is 0 Å². The van der Waals surface area contributed by atoms with E-state index in [2.05, 4.69) is 6.92 Å². The Labute approximate surface area is 88.5 Å². The van der Waals surface area contributed by atoms with Gasteiger partial charge in [0.15, 0.2) is 0 Å². The van der Waals surface area contributed by atoms with Crippen LogP contribution < -0.4 is 5.63 Å². The minimum atomic E-state index is -0.240. The van der Waals surface area contributed by atoms with Gasteiger partial charge in [-0.05, 0) is 55.3 Å². The summed E-state index contributed by atoms with van der Waals surface area (Å²) < 4.78 is 4.99. The smallest absolute Gasteiger partial charge is 0.343 e. The van der Waals surface area contributed by atoms with Gasteiger partial charge in [0.25, 0.3) is 0 Å². The zero-order chi connectivity index (χ0) is 11.2. The predicted molar refractivity (Wildman–Crippen MR) is 61.4 cm³/mol. The van der Waals surface area contributed by atoms with Crippen LogP contribution in [0, 0.1) is 27.7 Å². The predicted octanol–water partition coefficient (Wildman–Crippen LogP) is 3.03. The van der Waals surface area contributed by atoms with Crippen molar-refractivity contribution in [2.45, 2.75) is 27.7 Å². The molecule has 0 N–H and O–H groups in total. The second-order valence-electron chi connectivity index (χ2n) is 4.09. The summed E-state index contributed by atoms with van der Waals surface area (Å²) in [5.41, 5.74) is 4.16. The topological polar surface area (TPSA) is 30.2 Å². The van der Waals surface area contributed by atoms with Gasteiger partial charge >= 0.3 is 5.63 Å². The van der Waals surface area contributed by atoms with Gasteiger partial charge in [0.05, 0.1) is 11.6 Å². The Morgan fingerprint density at radius 3 is 2.27 bits per heavy atom. The molecule has 2 rings (SSSR count). The van der Waals surface area contributed by atoms with Crippen LogP contribution in [0.15, 0.2) is 21.5 Å². The summed E-state index contributed by atoms with van der Waals surface area (Å²) in [6, 6.07) is 2.04. The minimum Gasteiger partial charge on any atom is -0.431 e. The zero-order valence-corrected chi connectivity index (χ0v) is 9.47. The van der Waals surface area contributed by atoms with E-state index in [0.717, 1.165) is 21.9 Å². The summed E-state index contributed by atoms with van der Waals surface area (Å²) in [6.45, 7) is 8.03. The first kappa shape index (κ1) is 9.97. The maximum absolute atomic E-state index is 11.6. The Hall–Kier alpha value is -1.57. The maximum Gasteiger partial charge on any atom is 0.343 e. The van der Waals surface area contributed by atoms with Crippen molar-refractivity contribution >= 4 is 10.8 Å². The number of hydrogen-bond acceptors (Lipinski definition) is 2. The summed E-state index contributed by atoms with van der Waals surface area (Å²) in [6.07, 6.45) is 1.54. The summed E-state index contributed by atoms with van der Waals surface area (Å²) in [7, 11) is 0. The monoisotopic (exact) mass is 202 g/mol. The van der Waals surface area contributed by atoms with Gasteiger partial charge in [-0.2, -0.15) is 0 Å². The molecule has 0 saturated heterocycles. The lowest BCUT2D eigenvalue weighted by molar-refractivity contribution is 0.515. The van der Waals surface area contributed by atoms with Gasteiger partial charge in [-0.15, -0.1) is 0 Å². The Balaban J connectivity index is 3.16. The molecule has 1 aromatic carbocycles. The fourth-order valence-electron chi connectivity index (χ4n) is 2.10. The van der Waals surface area contributed by atoms with Crippen LogP contribution in [0.2, 0.25) is 0 Å². The molecule has 0 unspecified atom stereocenters. The normalized spacial score (nSPS) is 10.9.